The quantitative estimate of drug-likeness (QED) is 0.654. The van der Waals surface area contributed by atoms with E-state index in [4.69, 9.17) is 0 Å². The first-order valence-electron chi connectivity index (χ1n) is 9.70. The maximum atomic E-state index is 12.6. The molecule has 1 aliphatic rings. The summed E-state index contributed by atoms with van der Waals surface area (Å²) < 4.78 is 1.88. The van der Waals surface area contributed by atoms with E-state index in [9.17, 15) is 9.59 Å². The highest BCUT2D eigenvalue weighted by Gasteiger charge is 2.31. The summed E-state index contributed by atoms with van der Waals surface area (Å²) in [7, 11) is 0. The Bertz CT molecular complexity index is 1010. The molecular weight excluding hydrogens is 368 g/mol. The zero-order chi connectivity index (χ0) is 20.2. The summed E-state index contributed by atoms with van der Waals surface area (Å²) in [5.74, 6) is -0.260. The predicted octanol–water partition coefficient (Wildman–Crippen LogP) is 1.04. The molecule has 2 aromatic heterocycles. The monoisotopic (exact) mass is 392 g/mol. The minimum atomic E-state index is -0.476. The maximum Gasteiger partial charge on any atom is 0.237 e. The van der Waals surface area contributed by atoms with Crippen molar-refractivity contribution in [1.29, 1.82) is 0 Å². The molecule has 0 saturated carbocycles. The Morgan fingerprint density at radius 1 is 1.28 bits per heavy atom. The lowest BCUT2D eigenvalue weighted by atomic mass is 10.1. The summed E-state index contributed by atoms with van der Waals surface area (Å²) in [6, 6.07) is 7.78. The number of hydrogen-bond donors (Lipinski definition) is 2. The summed E-state index contributed by atoms with van der Waals surface area (Å²) in [6.07, 6.45) is 6.99. The summed E-state index contributed by atoms with van der Waals surface area (Å²) in [5, 5.41) is 5.78. The van der Waals surface area contributed by atoms with Gasteiger partial charge in [0.05, 0.1) is 37.1 Å². The van der Waals surface area contributed by atoms with E-state index in [1.165, 1.54) is 5.56 Å². The van der Waals surface area contributed by atoms with Crippen LogP contribution in [0.1, 0.15) is 23.2 Å². The molecule has 8 nitrogen and oxygen atoms in total. The van der Waals surface area contributed by atoms with Crippen LogP contribution in [0.25, 0.3) is 5.65 Å². The van der Waals surface area contributed by atoms with E-state index in [0.29, 0.717) is 19.6 Å². The molecule has 8 heteroatoms. The number of nitrogens with zero attached hydrogens (tertiary/aromatic N) is 4. The number of amides is 2. The van der Waals surface area contributed by atoms with Gasteiger partial charge in [-0.05, 0) is 12.5 Å². The van der Waals surface area contributed by atoms with Crippen molar-refractivity contribution in [2.45, 2.75) is 32.5 Å². The average molecular weight is 392 g/mol. The van der Waals surface area contributed by atoms with Gasteiger partial charge in [0.1, 0.15) is 0 Å². The van der Waals surface area contributed by atoms with Gasteiger partial charge >= 0.3 is 0 Å². The number of imidazole rings is 1. The van der Waals surface area contributed by atoms with E-state index in [1.807, 2.05) is 17.5 Å². The third-order valence-electron chi connectivity index (χ3n) is 5.19. The predicted molar refractivity (Wildman–Crippen MR) is 108 cm³/mol. The average Bonchev–Trinajstić information content (AvgIpc) is 3.14. The first-order valence-corrected chi connectivity index (χ1v) is 9.70. The third-order valence-corrected chi connectivity index (χ3v) is 5.19. The second kappa shape index (κ2) is 8.40. The number of nitrogens with one attached hydrogen (secondary N) is 2. The Kier molecular flexibility index (Phi) is 5.53. The van der Waals surface area contributed by atoms with Gasteiger partial charge in [0.25, 0.3) is 0 Å². The fourth-order valence-corrected chi connectivity index (χ4v) is 3.56. The molecule has 0 radical (unpaired) electrons. The molecule has 1 fully saturated rings. The number of benzene rings is 1. The van der Waals surface area contributed by atoms with Crippen LogP contribution in [0, 0.1) is 6.92 Å². The number of hydrogen-bond acceptors (Lipinski definition) is 5. The van der Waals surface area contributed by atoms with Crippen molar-refractivity contribution in [2.75, 3.05) is 13.1 Å². The van der Waals surface area contributed by atoms with Gasteiger partial charge in [0.15, 0.2) is 5.65 Å². The van der Waals surface area contributed by atoms with Crippen LogP contribution < -0.4 is 10.6 Å². The van der Waals surface area contributed by atoms with Crippen LogP contribution in [0.4, 0.5) is 0 Å². The number of aromatic nitrogens is 3. The van der Waals surface area contributed by atoms with Crippen molar-refractivity contribution in [3.8, 4) is 0 Å². The standard InChI is InChI=1S/C21H24N6O2/c1-15-2-4-16(5-3-15)14-26-8-7-23-21(29)18(26)10-20(28)25-12-17-11-24-19-13-22-6-9-27(17)19/h2-6,9,11,13,18H,7-8,10,12,14H2,1H3,(H,23,29)(H,25,28)/t18-/m0/s1. The SMILES string of the molecule is Cc1ccc(CN2CCNC(=O)[C@@H]2CC(=O)NCc2cnc3cnccn23)cc1. The summed E-state index contributed by atoms with van der Waals surface area (Å²) in [6.45, 7) is 4.35. The fraction of sp³-hybridized carbons (Fsp3) is 0.333. The lowest BCUT2D eigenvalue weighted by Crippen LogP contribution is -2.56. The molecule has 2 N–H and O–H groups in total. The first-order chi connectivity index (χ1) is 14.1. The van der Waals surface area contributed by atoms with Gasteiger partial charge in [-0.3, -0.25) is 23.9 Å². The zero-order valence-corrected chi connectivity index (χ0v) is 16.3. The first kappa shape index (κ1) is 19.1. The number of aryl methyl sites for hydroxylation is 1. The van der Waals surface area contributed by atoms with Gasteiger partial charge in [-0.15, -0.1) is 0 Å². The van der Waals surface area contributed by atoms with Gasteiger partial charge in [-0.1, -0.05) is 29.8 Å². The van der Waals surface area contributed by atoms with Crippen LogP contribution in [-0.4, -0.2) is 50.2 Å². The van der Waals surface area contributed by atoms with Crippen LogP contribution in [0.3, 0.4) is 0 Å². The molecule has 3 heterocycles. The normalized spacial score (nSPS) is 17.3. The molecule has 1 aromatic carbocycles. The Balaban J connectivity index is 1.39. The minimum absolute atomic E-state index is 0.0978. The second-order valence-corrected chi connectivity index (χ2v) is 7.30. The van der Waals surface area contributed by atoms with E-state index in [-0.39, 0.29) is 18.2 Å². The Morgan fingerprint density at radius 2 is 2.10 bits per heavy atom. The Labute approximate surface area is 169 Å². The van der Waals surface area contributed by atoms with Gasteiger partial charge < -0.3 is 10.6 Å². The van der Waals surface area contributed by atoms with Crippen LogP contribution in [0.2, 0.25) is 0 Å². The highest BCUT2D eigenvalue weighted by atomic mass is 16.2. The molecule has 4 rings (SSSR count). The van der Waals surface area contributed by atoms with Crippen LogP contribution in [-0.2, 0) is 22.7 Å². The highest BCUT2D eigenvalue weighted by Crippen LogP contribution is 2.15. The molecule has 3 aromatic rings. The van der Waals surface area contributed by atoms with Gasteiger partial charge in [0.2, 0.25) is 11.8 Å². The molecular formula is C21H24N6O2. The summed E-state index contributed by atoms with van der Waals surface area (Å²) in [4.78, 5) is 35.4. The number of carbonyl (C=O) groups is 2. The van der Waals surface area contributed by atoms with Crippen molar-refractivity contribution >= 4 is 17.5 Å². The van der Waals surface area contributed by atoms with E-state index in [0.717, 1.165) is 23.4 Å². The zero-order valence-electron chi connectivity index (χ0n) is 16.3. The van der Waals surface area contributed by atoms with Crippen molar-refractivity contribution in [2.24, 2.45) is 0 Å². The summed E-state index contributed by atoms with van der Waals surface area (Å²) >= 11 is 0. The van der Waals surface area contributed by atoms with Crippen molar-refractivity contribution in [3.05, 3.63) is 65.9 Å². The summed E-state index contributed by atoms with van der Waals surface area (Å²) in [5.41, 5.74) is 3.92. The molecule has 29 heavy (non-hydrogen) atoms. The largest absolute Gasteiger partial charge is 0.353 e. The highest BCUT2D eigenvalue weighted by molar-refractivity contribution is 5.88. The molecule has 0 spiro atoms. The molecule has 1 saturated heterocycles. The van der Waals surface area contributed by atoms with Crippen LogP contribution >= 0.6 is 0 Å². The smallest absolute Gasteiger partial charge is 0.237 e. The number of carbonyl (C=O) groups excluding carboxylic acids is 2. The molecule has 0 bridgehead atoms. The Hall–Kier alpha value is -3.26. The molecule has 1 atom stereocenters. The van der Waals surface area contributed by atoms with Gasteiger partial charge in [0, 0.05) is 32.0 Å². The molecule has 1 aliphatic heterocycles. The van der Waals surface area contributed by atoms with Gasteiger partial charge in [-0.25, -0.2) is 4.98 Å². The topological polar surface area (TPSA) is 91.6 Å². The lowest BCUT2D eigenvalue weighted by Gasteiger charge is -2.34. The number of rotatable bonds is 6. The molecule has 0 aliphatic carbocycles. The van der Waals surface area contributed by atoms with E-state index < -0.39 is 6.04 Å². The molecule has 2 amide bonds. The van der Waals surface area contributed by atoms with Crippen LogP contribution in [0.5, 0.6) is 0 Å². The van der Waals surface area contributed by atoms with Gasteiger partial charge in [-0.2, -0.15) is 0 Å². The van der Waals surface area contributed by atoms with Crippen molar-refractivity contribution in [3.63, 3.8) is 0 Å². The third kappa shape index (κ3) is 4.43. The Morgan fingerprint density at radius 3 is 2.93 bits per heavy atom. The minimum Gasteiger partial charge on any atom is -0.353 e. The van der Waals surface area contributed by atoms with Crippen molar-refractivity contribution in [1.82, 2.24) is 29.9 Å². The number of piperazine rings is 1. The molecule has 0 unspecified atom stereocenters. The number of fused-ring (bicyclic) bond motifs is 1. The van der Waals surface area contributed by atoms with E-state index >= 15 is 0 Å². The van der Waals surface area contributed by atoms with Crippen LogP contribution in [0.15, 0.2) is 49.1 Å². The fourth-order valence-electron chi connectivity index (χ4n) is 3.56. The maximum absolute atomic E-state index is 12.6. The molecule has 150 valence electrons. The van der Waals surface area contributed by atoms with Crippen molar-refractivity contribution < 1.29 is 9.59 Å². The lowest BCUT2D eigenvalue weighted by molar-refractivity contribution is -0.134. The second-order valence-electron chi connectivity index (χ2n) is 7.30. The van der Waals surface area contributed by atoms with E-state index in [1.54, 1.807) is 18.6 Å². The van der Waals surface area contributed by atoms with E-state index in [2.05, 4.69) is 49.8 Å².